The van der Waals surface area contributed by atoms with E-state index in [1.165, 1.54) is 18.6 Å². The van der Waals surface area contributed by atoms with Crippen LogP contribution < -0.4 is 5.73 Å². The lowest BCUT2D eigenvalue weighted by Gasteiger charge is -2.21. The monoisotopic (exact) mass is 248 g/mol. The second-order valence-corrected chi connectivity index (χ2v) is 5.45. The Kier molecular flexibility index (Phi) is 4.15. The van der Waals surface area contributed by atoms with Crippen molar-refractivity contribution in [1.82, 2.24) is 4.90 Å². The van der Waals surface area contributed by atoms with Gasteiger partial charge < -0.3 is 5.73 Å². The summed E-state index contributed by atoms with van der Waals surface area (Å²) < 4.78 is 12.7. The first kappa shape index (κ1) is 13.2. The predicted molar refractivity (Wildman–Crippen MR) is 73.7 cm³/mol. The van der Waals surface area contributed by atoms with E-state index in [2.05, 4.69) is 17.9 Å². The van der Waals surface area contributed by atoms with Crippen LogP contribution in [-0.4, -0.2) is 31.1 Å². The van der Waals surface area contributed by atoms with Crippen LogP contribution in [0, 0.1) is 11.2 Å². The van der Waals surface area contributed by atoms with Crippen molar-refractivity contribution in [2.24, 2.45) is 11.1 Å². The van der Waals surface area contributed by atoms with Crippen LogP contribution in [0.5, 0.6) is 0 Å². The van der Waals surface area contributed by atoms with Crippen molar-refractivity contribution < 1.29 is 4.39 Å². The summed E-state index contributed by atoms with van der Waals surface area (Å²) in [7, 11) is 0. The molecule has 18 heavy (non-hydrogen) atoms. The number of rotatable bonds is 4. The van der Waals surface area contributed by atoms with Crippen molar-refractivity contribution in [3.8, 4) is 0 Å². The van der Waals surface area contributed by atoms with Gasteiger partial charge in [0, 0.05) is 13.1 Å². The summed E-state index contributed by atoms with van der Waals surface area (Å²) in [4.78, 5) is 2.41. The highest BCUT2D eigenvalue weighted by Crippen LogP contribution is 2.28. The van der Waals surface area contributed by atoms with Gasteiger partial charge in [-0.2, -0.15) is 0 Å². The van der Waals surface area contributed by atoms with E-state index in [4.69, 9.17) is 5.73 Å². The van der Waals surface area contributed by atoms with Gasteiger partial charge in [0.25, 0.3) is 0 Å². The van der Waals surface area contributed by atoms with Gasteiger partial charge in [0.1, 0.15) is 5.82 Å². The molecule has 0 bridgehead atoms. The van der Waals surface area contributed by atoms with Gasteiger partial charge in [0.15, 0.2) is 0 Å². The van der Waals surface area contributed by atoms with Gasteiger partial charge in [0.05, 0.1) is 0 Å². The number of nitrogens with two attached hydrogens (primary N) is 1. The number of benzene rings is 1. The van der Waals surface area contributed by atoms with Gasteiger partial charge in [-0.05, 0) is 42.6 Å². The van der Waals surface area contributed by atoms with E-state index in [1.807, 2.05) is 6.08 Å². The molecule has 0 saturated carbocycles. The third-order valence-electron chi connectivity index (χ3n) is 3.67. The zero-order valence-corrected chi connectivity index (χ0v) is 10.9. The second-order valence-electron chi connectivity index (χ2n) is 5.45. The molecule has 0 spiro atoms. The molecule has 2 rings (SSSR count). The molecule has 1 aromatic rings. The van der Waals surface area contributed by atoms with Gasteiger partial charge in [-0.3, -0.25) is 4.90 Å². The molecule has 1 fully saturated rings. The molecule has 2 N–H and O–H groups in total. The number of likely N-dealkylation sites (tertiary alicyclic amines) is 1. The van der Waals surface area contributed by atoms with Gasteiger partial charge >= 0.3 is 0 Å². The lowest BCUT2D eigenvalue weighted by atomic mass is 9.90. The first-order valence-electron chi connectivity index (χ1n) is 6.46. The summed E-state index contributed by atoms with van der Waals surface area (Å²) >= 11 is 0. The number of halogens is 1. The first-order chi connectivity index (χ1) is 8.61. The molecule has 0 aromatic heterocycles. The van der Waals surface area contributed by atoms with Crippen molar-refractivity contribution >= 4 is 6.08 Å². The quantitative estimate of drug-likeness (QED) is 0.887. The smallest absolute Gasteiger partial charge is 0.123 e. The van der Waals surface area contributed by atoms with Crippen LogP contribution in [0.4, 0.5) is 4.39 Å². The molecule has 1 aliphatic heterocycles. The van der Waals surface area contributed by atoms with Gasteiger partial charge in [-0.25, -0.2) is 4.39 Å². The molecule has 1 aliphatic rings. The zero-order valence-electron chi connectivity index (χ0n) is 10.9. The van der Waals surface area contributed by atoms with E-state index >= 15 is 0 Å². The largest absolute Gasteiger partial charge is 0.330 e. The van der Waals surface area contributed by atoms with Crippen LogP contribution in [-0.2, 0) is 0 Å². The molecule has 1 saturated heterocycles. The molecule has 1 unspecified atom stereocenters. The highest BCUT2D eigenvalue weighted by molar-refractivity contribution is 5.48. The molecule has 2 nitrogen and oxygen atoms in total. The van der Waals surface area contributed by atoms with Crippen LogP contribution >= 0.6 is 0 Å². The van der Waals surface area contributed by atoms with E-state index < -0.39 is 0 Å². The summed E-state index contributed by atoms with van der Waals surface area (Å²) in [6.45, 7) is 6.12. The third-order valence-corrected chi connectivity index (χ3v) is 3.67. The fourth-order valence-electron chi connectivity index (χ4n) is 2.36. The Morgan fingerprint density at radius 2 is 2.11 bits per heavy atom. The maximum absolute atomic E-state index is 12.7. The van der Waals surface area contributed by atoms with Crippen LogP contribution in [0.15, 0.2) is 30.3 Å². The Labute approximate surface area is 108 Å². The average molecular weight is 248 g/mol. The molecule has 1 aromatic carbocycles. The summed E-state index contributed by atoms with van der Waals surface area (Å²) in [6.07, 6.45) is 5.35. The molecular formula is C15H21FN2. The van der Waals surface area contributed by atoms with E-state index in [0.717, 1.165) is 31.7 Å². The summed E-state index contributed by atoms with van der Waals surface area (Å²) in [5, 5.41) is 0. The minimum Gasteiger partial charge on any atom is -0.330 e. The molecule has 0 amide bonds. The molecule has 1 atom stereocenters. The first-order valence-corrected chi connectivity index (χ1v) is 6.46. The van der Waals surface area contributed by atoms with Crippen molar-refractivity contribution in [3.63, 3.8) is 0 Å². The lowest BCUT2D eigenvalue weighted by molar-refractivity contribution is 0.300. The fourth-order valence-corrected chi connectivity index (χ4v) is 2.36. The maximum Gasteiger partial charge on any atom is 0.123 e. The van der Waals surface area contributed by atoms with Crippen LogP contribution in [0.1, 0.15) is 18.9 Å². The van der Waals surface area contributed by atoms with Crippen LogP contribution in [0.25, 0.3) is 6.08 Å². The van der Waals surface area contributed by atoms with E-state index in [-0.39, 0.29) is 11.2 Å². The third kappa shape index (κ3) is 3.40. The van der Waals surface area contributed by atoms with Crippen LogP contribution in [0.2, 0.25) is 0 Å². The Morgan fingerprint density at radius 3 is 2.72 bits per heavy atom. The predicted octanol–water partition coefficient (Wildman–Crippen LogP) is 2.51. The van der Waals surface area contributed by atoms with Gasteiger partial charge in [-0.15, -0.1) is 0 Å². The Hall–Kier alpha value is -1.19. The Balaban J connectivity index is 1.84. The van der Waals surface area contributed by atoms with Crippen molar-refractivity contribution in [3.05, 3.63) is 41.7 Å². The lowest BCUT2D eigenvalue weighted by Crippen LogP contribution is -2.31. The van der Waals surface area contributed by atoms with Crippen molar-refractivity contribution in [2.45, 2.75) is 13.3 Å². The number of hydrogen-bond donors (Lipinski definition) is 1. The summed E-state index contributed by atoms with van der Waals surface area (Å²) in [5.74, 6) is -0.189. The molecule has 3 heteroatoms. The highest BCUT2D eigenvalue weighted by Gasteiger charge is 2.31. The van der Waals surface area contributed by atoms with E-state index in [9.17, 15) is 4.39 Å². The number of hydrogen-bond acceptors (Lipinski definition) is 2. The SMILES string of the molecule is CC1(CN)CCN(C/C=C/c2ccc(F)cc2)C1. The minimum absolute atomic E-state index is 0.189. The number of nitrogens with zero attached hydrogens (tertiary/aromatic N) is 1. The van der Waals surface area contributed by atoms with Gasteiger partial charge in [0.2, 0.25) is 0 Å². The van der Waals surface area contributed by atoms with E-state index in [1.54, 1.807) is 12.1 Å². The van der Waals surface area contributed by atoms with Crippen LogP contribution in [0.3, 0.4) is 0 Å². The molecule has 1 heterocycles. The fraction of sp³-hybridized carbons (Fsp3) is 0.467. The average Bonchev–Trinajstić information content (AvgIpc) is 2.75. The van der Waals surface area contributed by atoms with Gasteiger partial charge in [-0.1, -0.05) is 31.2 Å². The molecule has 0 radical (unpaired) electrons. The highest BCUT2D eigenvalue weighted by atomic mass is 19.1. The molecule has 98 valence electrons. The second kappa shape index (κ2) is 5.63. The van der Waals surface area contributed by atoms with E-state index in [0.29, 0.717) is 0 Å². The zero-order chi connectivity index (χ0) is 13.0. The molecule has 0 aliphatic carbocycles. The summed E-state index contributed by atoms with van der Waals surface area (Å²) in [6, 6.07) is 6.56. The normalized spacial score (nSPS) is 25.1. The Morgan fingerprint density at radius 1 is 1.39 bits per heavy atom. The Bertz CT molecular complexity index is 413. The van der Waals surface area contributed by atoms with Crippen molar-refractivity contribution in [2.75, 3.05) is 26.2 Å². The summed E-state index contributed by atoms with van der Waals surface area (Å²) in [5.41, 5.74) is 7.10. The van der Waals surface area contributed by atoms with Crippen molar-refractivity contribution in [1.29, 1.82) is 0 Å². The topological polar surface area (TPSA) is 29.3 Å². The standard InChI is InChI=1S/C15H21FN2/c1-15(11-17)8-10-18(12-15)9-2-3-13-4-6-14(16)7-5-13/h2-7H,8-12,17H2,1H3/b3-2+. The minimum atomic E-state index is -0.189. The maximum atomic E-state index is 12.7. The molecular weight excluding hydrogens is 227 g/mol.